The molecule has 10 rings (SSSR count). The summed E-state index contributed by atoms with van der Waals surface area (Å²) in [6.45, 7) is 14.5. The third-order valence-corrected chi connectivity index (χ3v) is 14.1. The molecule has 0 saturated heterocycles. The molecule has 5 aromatic rings. The Bertz CT molecular complexity index is 2620. The zero-order valence-corrected chi connectivity index (χ0v) is 34.8. The van der Waals surface area contributed by atoms with Gasteiger partial charge in [0.1, 0.15) is 0 Å². The minimum atomic E-state index is -0.0721. The Kier molecular flexibility index (Phi) is 8.45. The van der Waals surface area contributed by atoms with Crippen molar-refractivity contribution in [1.29, 1.82) is 0 Å². The smallest absolute Gasteiger partial charge is 0.0496 e. The van der Waals surface area contributed by atoms with E-state index in [0.29, 0.717) is 0 Å². The van der Waals surface area contributed by atoms with Gasteiger partial charge >= 0.3 is 0 Å². The molecule has 0 unspecified atom stereocenters. The Morgan fingerprint density at radius 2 is 1.28 bits per heavy atom. The lowest BCUT2D eigenvalue weighted by atomic mass is 9.80. The lowest BCUT2D eigenvalue weighted by molar-refractivity contribution is 0.425. The Morgan fingerprint density at radius 3 is 2.11 bits per heavy atom. The first-order valence-corrected chi connectivity index (χ1v) is 21.5. The number of nitrogens with zero attached hydrogens (tertiary/aromatic N) is 2. The number of rotatable bonds is 5. The molecular weight excluding hydrogens is 689 g/mol. The van der Waals surface area contributed by atoms with Gasteiger partial charge in [0.2, 0.25) is 0 Å². The van der Waals surface area contributed by atoms with Crippen LogP contribution in [0.15, 0.2) is 144 Å². The van der Waals surface area contributed by atoms with Crippen molar-refractivity contribution in [2.45, 2.75) is 109 Å². The second-order valence-electron chi connectivity index (χ2n) is 19.0. The summed E-state index contributed by atoms with van der Waals surface area (Å²) in [7, 11) is 0. The lowest BCUT2D eigenvalue weighted by Gasteiger charge is -2.47. The lowest BCUT2D eigenvalue weighted by Crippen LogP contribution is -2.46. The van der Waals surface area contributed by atoms with Crippen molar-refractivity contribution < 1.29 is 0 Å². The van der Waals surface area contributed by atoms with Gasteiger partial charge < -0.3 is 9.80 Å². The van der Waals surface area contributed by atoms with E-state index in [1.807, 2.05) is 0 Å². The van der Waals surface area contributed by atoms with Gasteiger partial charge in [0.15, 0.2) is 0 Å². The van der Waals surface area contributed by atoms with Crippen LogP contribution in [0, 0.1) is 0 Å². The fraction of sp³-hybridized carbons (Fsp3) is 0.309. The number of anilines is 3. The molecule has 0 aromatic heterocycles. The fourth-order valence-electron chi connectivity index (χ4n) is 10.8. The van der Waals surface area contributed by atoms with E-state index in [1.165, 1.54) is 109 Å². The predicted molar refractivity (Wildman–Crippen MR) is 244 cm³/mol. The Hall–Kier alpha value is -5.34. The van der Waals surface area contributed by atoms with Crippen LogP contribution in [0.4, 0.5) is 17.1 Å². The van der Waals surface area contributed by atoms with Crippen LogP contribution >= 0.6 is 0 Å². The van der Waals surface area contributed by atoms with Crippen LogP contribution in [0.1, 0.15) is 114 Å². The number of aryl methyl sites for hydroxylation is 1. The zero-order valence-electron chi connectivity index (χ0n) is 34.8. The van der Waals surface area contributed by atoms with E-state index in [0.717, 1.165) is 25.7 Å². The minimum absolute atomic E-state index is 0.0362. The van der Waals surface area contributed by atoms with Crippen molar-refractivity contribution in [1.82, 2.24) is 0 Å². The molecule has 0 bridgehead atoms. The Labute approximate surface area is 340 Å². The van der Waals surface area contributed by atoms with E-state index in [-0.39, 0.29) is 16.5 Å². The summed E-state index contributed by atoms with van der Waals surface area (Å²) in [4.78, 5) is 5.24. The third-order valence-electron chi connectivity index (χ3n) is 14.1. The first-order valence-electron chi connectivity index (χ1n) is 21.5. The molecule has 0 fully saturated rings. The molecule has 0 spiro atoms. The van der Waals surface area contributed by atoms with Crippen LogP contribution in [-0.4, -0.2) is 11.1 Å². The van der Waals surface area contributed by atoms with E-state index >= 15 is 0 Å². The molecule has 0 saturated carbocycles. The summed E-state index contributed by atoms with van der Waals surface area (Å²) in [5, 5.41) is 2.67. The molecule has 2 nitrogen and oxygen atoms in total. The summed E-state index contributed by atoms with van der Waals surface area (Å²) in [6.07, 6.45) is 23.3. The molecule has 2 heteroatoms. The van der Waals surface area contributed by atoms with Crippen molar-refractivity contribution >= 4 is 39.5 Å². The van der Waals surface area contributed by atoms with E-state index in [9.17, 15) is 0 Å². The molecule has 0 radical (unpaired) electrons. The van der Waals surface area contributed by atoms with E-state index in [1.54, 1.807) is 5.57 Å². The molecule has 286 valence electrons. The average Bonchev–Trinajstić information content (AvgIpc) is 3.44. The predicted octanol–water partition coefficient (Wildman–Crippen LogP) is 14.8. The Balaban J connectivity index is 0.916. The van der Waals surface area contributed by atoms with Gasteiger partial charge in [-0.25, -0.2) is 0 Å². The monoisotopic (exact) mass is 744 g/mol. The topological polar surface area (TPSA) is 6.48 Å². The first-order chi connectivity index (χ1) is 27.5. The summed E-state index contributed by atoms with van der Waals surface area (Å²) in [5.74, 6) is 0. The highest BCUT2D eigenvalue weighted by atomic mass is 15.2. The molecule has 5 aromatic carbocycles. The largest absolute Gasteiger partial charge is 0.336 e. The van der Waals surface area contributed by atoms with Crippen LogP contribution in [0.25, 0.3) is 33.5 Å². The van der Waals surface area contributed by atoms with Crippen LogP contribution < -0.4 is 9.80 Å². The van der Waals surface area contributed by atoms with E-state index in [4.69, 9.17) is 0 Å². The quantitative estimate of drug-likeness (QED) is 0.177. The summed E-state index contributed by atoms with van der Waals surface area (Å²) in [6, 6.07) is 37.2. The number of fused-ring (bicyclic) bond motifs is 5. The van der Waals surface area contributed by atoms with Gasteiger partial charge in [0.05, 0.1) is 0 Å². The highest BCUT2D eigenvalue weighted by Crippen LogP contribution is 2.52. The second-order valence-corrected chi connectivity index (χ2v) is 19.0. The van der Waals surface area contributed by atoms with Crippen molar-refractivity contribution in [2.75, 3.05) is 9.80 Å². The van der Waals surface area contributed by atoms with Crippen LogP contribution in [0.5, 0.6) is 0 Å². The molecule has 2 heterocycles. The second kappa shape index (κ2) is 13.4. The molecule has 3 aliphatic carbocycles. The van der Waals surface area contributed by atoms with Gasteiger partial charge in [-0.15, -0.1) is 0 Å². The van der Waals surface area contributed by atoms with Gasteiger partial charge in [-0.2, -0.15) is 0 Å². The molecule has 0 N–H and O–H groups in total. The number of hydrogen-bond acceptors (Lipinski definition) is 2. The number of allylic oxidation sites excluding steroid dienone is 8. The van der Waals surface area contributed by atoms with Crippen LogP contribution in [-0.2, 0) is 11.8 Å². The maximum Gasteiger partial charge on any atom is 0.0496 e. The maximum absolute atomic E-state index is 2.64. The normalized spacial score (nSPS) is 20.2. The molecule has 2 aliphatic heterocycles. The minimum Gasteiger partial charge on any atom is -0.336 e. The van der Waals surface area contributed by atoms with Crippen LogP contribution in [0.2, 0.25) is 0 Å². The van der Waals surface area contributed by atoms with Crippen molar-refractivity contribution in [2.24, 2.45) is 0 Å². The highest BCUT2D eigenvalue weighted by Gasteiger charge is 2.39. The Morgan fingerprint density at radius 1 is 0.561 bits per heavy atom. The highest BCUT2D eigenvalue weighted by molar-refractivity contribution is 6.03. The number of hydrogen-bond donors (Lipinski definition) is 0. The summed E-state index contributed by atoms with van der Waals surface area (Å²) < 4.78 is 0. The SMILES string of the molecule is CC1(C)c2cc(/C=C/C3=CC=C(c4ccc(N5c6ccccc6CCC5(C)C)c5ccccc45)CC3)ccc2-c2ccc(N3C4=C(CCC=C4)CCC3(C)C)cc21. The van der Waals surface area contributed by atoms with E-state index in [2.05, 4.69) is 185 Å². The van der Waals surface area contributed by atoms with Crippen molar-refractivity contribution in [3.8, 4) is 11.1 Å². The van der Waals surface area contributed by atoms with Gasteiger partial charge in [-0.05, 0) is 170 Å². The molecular formula is C55H56N2. The number of benzene rings is 5. The van der Waals surface area contributed by atoms with Crippen LogP contribution in [0.3, 0.4) is 0 Å². The molecule has 0 atom stereocenters. The standard InChI is InChI=1S/C55H56N2/c1-53(2)33-31-40-13-7-11-17-50(40)56(53)42-26-28-46-45-27-23-38(35-48(45)55(5,6)49(46)36-42)20-19-37-21-24-39(25-22-37)43-29-30-52(47-16-10-9-15-44(43)47)57-51-18-12-8-14-41(51)32-34-54(57,3)4/h8-12,14-21,23-24,26-30,35-36H,7,13,22,25,31-34H2,1-6H3/b20-19+. The average molecular weight is 745 g/mol. The summed E-state index contributed by atoms with van der Waals surface area (Å²) in [5.41, 5.74) is 19.6. The van der Waals surface area contributed by atoms with Gasteiger partial charge in [0, 0.05) is 44.6 Å². The summed E-state index contributed by atoms with van der Waals surface area (Å²) >= 11 is 0. The maximum atomic E-state index is 2.64. The van der Waals surface area contributed by atoms with Gasteiger partial charge in [0.25, 0.3) is 0 Å². The van der Waals surface area contributed by atoms with Crippen molar-refractivity contribution in [3.63, 3.8) is 0 Å². The fourth-order valence-corrected chi connectivity index (χ4v) is 10.8. The van der Waals surface area contributed by atoms with Gasteiger partial charge in [-0.3, -0.25) is 0 Å². The molecule has 5 aliphatic rings. The van der Waals surface area contributed by atoms with Crippen molar-refractivity contribution in [3.05, 3.63) is 172 Å². The third kappa shape index (κ3) is 5.98. The zero-order chi connectivity index (χ0) is 39.1. The van der Waals surface area contributed by atoms with Gasteiger partial charge in [-0.1, -0.05) is 117 Å². The number of para-hydroxylation sites is 1. The first kappa shape index (κ1) is 36.0. The molecule has 57 heavy (non-hydrogen) atoms. The molecule has 0 amide bonds. The van der Waals surface area contributed by atoms with E-state index < -0.39 is 0 Å².